The highest BCUT2D eigenvalue weighted by Gasteiger charge is 2.39. The lowest BCUT2D eigenvalue weighted by molar-refractivity contribution is 0.240. The lowest BCUT2D eigenvalue weighted by Gasteiger charge is -2.44. The Bertz CT molecular complexity index is 436. The van der Waals surface area contributed by atoms with Gasteiger partial charge in [0.2, 0.25) is 0 Å². The van der Waals surface area contributed by atoms with E-state index in [2.05, 4.69) is 62.5 Å². The van der Waals surface area contributed by atoms with E-state index in [9.17, 15) is 0 Å². The Morgan fingerprint density at radius 2 is 1.81 bits per heavy atom. The van der Waals surface area contributed by atoms with Crippen molar-refractivity contribution in [3.8, 4) is 0 Å². The van der Waals surface area contributed by atoms with Gasteiger partial charge in [-0.15, -0.1) is 0 Å². The lowest BCUT2D eigenvalue weighted by atomic mass is 9.64. The van der Waals surface area contributed by atoms with Crippen LogP contribution in [0.25, 0.3) is 0 Å². The van der Waals surface area contributed by atoms with Gasteiger partial charge in [0.05, 0.1) is 0 Å². The molecule has 0 spiro atoms. The smallest absolute Gasteiger partial charge is 0.0349 e. The topological polar surface area (TPSA) is 12.0 Å². The molecule has 1 aliphatic rings. The molecule has 1 nitrogen and oxygen atoms in total. The Morgan fingerprint density at radius 3 is 2.38 bits per heavy atom. The van der Waals surface area contributed by atoms with E-state index in [1.807, 2.05) is 0 Å². The molecule has 0 amide bonds. The Hall–Kier alpha value is -1.08. The molecular weight excluding hydrogens is 254 g/mol. The third-order valence-electron chi connectivity index (χ3n) is 4.80. The van der Waals surface area contributed by atoms with Gasteiger partial charge in [-0.3, -0.25) is 0 Å². The molecule has 1 aromatic carbocycles. The van der Waals surface area contributed by atoms with Gasteiger partial charge in [0.15, 0.2) is 0 Å². The number of benzene rings is 1. The first-order chi connectivity index (χ1) is 10.2. The van der Waals surface area contributed by atoms with E-state index in [1.54, 1.807) is 0 Å². The second-order valence-corrected chi connectivity index (χ2v) is 6.76. The fraction of sp³-hybridized carbons (Fsp3) is 0.600. The molecule has 0 saturated heterocycles. The zero-order valence-electron chi connectivity index (χ0n) is 14.0. The van der Waals surface area contributed by atoms with E-state index < -0.39 is 0 Å². The number of nitrogens with one attached hydrogen (secondary N) is 1. The first-order valence-electron chi connectivity index (χ1n) is 8.63. The Morgan fingerprint density at radius 1 is 1.14 bits per heavy atom. The number of hydrogen-bond acceptors (Lipinski definition) is 1. The van der Waals surface area contributed by atoms with Crippen LogP contribution >= 0.6 is 0 Å². The van der Waals surface area contributed by atoms with Gasteiger partial charge in [-0.2, -0.15) is 0 Å². The van der Waals surface area contributed by atoms with E-state index >= 15 is 0 Å². The Balaban J connectivity index is 2.38. The molecule has 1 aromatic rings. The zero-order valence-corrected chi connectivity index (χ0v) is 14.0. The van der Waals surface area contributed by atoms with Crippen molar-refractivity contribution in [2.45, 2.75) is 70.8 Å². The van der Waals surface area contributed by atoms with E-state index in [0.29, 0.717) is 6.04 Å². The van der Waals surface area contributed by atoms with Gasteiger partial charge in [0, 0.05) is 11.5 Å². The molecule has 1 unspecified atom stereocenters. The quantitative estimate of drug-likeness (QED) is 0.706. The summed E-state index contributed by atoms with van der Waals surface area (Å²) in [7, 11) is 0. The fourth-order valence-electron chi connectivity index (χ4n) is 3.78. The molecule has 116 valence electrons. The van der Waals surface area contributed by atoms with E-state index in [-0.39, 0.29) is 5.41 Å². The number of hydrogen-bond donors (Lipinski definition) is 1. The fourth-order valence-corrected chi connectivity index (χ4v) is 3.78. The molecule has 0 heterocycles. The maximum absolute atomic E-state index is 3.83. The van der Waals surface area contributed by atoms with Crippen LogP contribution in [0, 0.1) is 0 Å². The van der Waals surface area contributed by atoms with Gasteiger partial charge in [-0.1, -0.05) is 68.2 Å². The minimum Gasteiger partial charge on any atom is -0.310 e. The maximum atomic E-state index is 3.83. The molecule has 1 saturated carbocycles. The summed E-state index contributed by atoms with van der Waals surface area (Å²) in [4.78, 5) is 0. The normalized spacial score (nSPS) is 19.0. The van der Waals surface area contributed by atoms with Gasteiger partial charge >= 0.3 is 0 Å². The zero-order chi connectivity index (χ0) is 15.1. The molecule has 0 bridgehead atoms. The van der Waals surface area contributed by atoms with Gasteiger partial charge in [-0.05, 0) is 45.2 Å². The molecule has 2 rings (SSSR count). The van der Waals surface area contributed by atoms with Crippen LogP contribution < -0.4 is 5.32 Å². The SMILES string of the molecule is CCCNC(C=C(C)C)C1(c2ccccc2)CCCCC1. The largest absolute Gasteiger partial charge is 0.310 e. The van der Waals surface area contributed by atoms with Crippen molar-refractivity contribution in [2.75, 3.05) is 6.54 Å². The predicted octanol–water partition coefficient (Wildman–Crippen LogP) is 5.22. The molecule has 1 heteroatoms. The van der Waals surface area contributed by atoms with Gasteiger partial charge in [0.1, 0.15) is 0 Å². The molecule has 0 radical (unpaired) electrons. The third-order valence-corrected chi connectivity index (χ3v) is 4.80. The van der Waals surface area contributed by atoms with Crippen molar-refractivity contribution in [1.29, 1.82) is 0 Å². The van der Waals surface area contributed by atoms with Crippen molar-refractivity contribution >= 4 is 0 Å². The first-order valence-corrected chi connectivity index (χ1v) is 8.63. The van der Waals surface area contributed by atoms with Crippen LogP contribution in [0.5, 0.6) is 0 Å². The minimum absolute atomic E-state index is 0.284. The Labute approximate surface area is 130 Å². The highest BCUT2D eigenvalue weighted by molar-refractivity contribution is 5.31. The van der Waals surface area contributed by atoms with Crippen LogP contribution in [0.3, 0.4) is 0 Å². The van der Waals surface area contributed by atoms with Crippen LogP contribution in [0.1, 0.15) is 64.9 Å². The second kappa shape index (κ2) is 7.79. The van der Waals surface area contributed by atoms with Crippen LogP contribution in [-0.4, -0.2) is 12.6 Å². The van der Waals surface area contributed by atoms with E-state index in [1.165, 1.54) is 49.7 Å². The molecule has 1 N–H and O–H groups in total. The van der Waals surface area contributed by atoms with Crippen LogP contribution in [-0.2, 0) is 5.41 Å². The number of allylic oxidation sites excluding steroid dienone is 1. The standard InChI is InChI=1S/C20H31N/c1-4-15-21-19(16-17(2)3)20(13-9-6-10-14-20)18-11-7-5-8-12-18/h5,7-8,11-12,16,19,21H,4,6,9-10,13-15H2,1-3H3. The van der Waals surface area contributed by atoms with Gasteiger partial charge in [0.25, 0.3) is 0 Å². The Kier molecular flexibility index (Phi) is 6.05. The molecule has 1 aliphatic carbocycles. The average Bonchev–Trinajstić information content (AvgIpc) is 2.52. The summed E-state index contributed by atoms with van der Waals surface area (Å²) in [5, 5.41) is 3.83. The monoisotopic (exact) mass is 285 g/mol. The summed E-state index contributed by atoms with van der Waals surface area (Å²) >= 11 is 0. The van der Waals surface area contributed by atoms with Crippen molar-refractivity contribution in [2.24, 2.45) is 0 Å². The molecular formula is C20H31N. The molecule has 1 atom stereocenters. The summed E-state index contributed by atoms with van der Waals surface area (Å²) in [5.74, 6) is 0. The summed E-state index contributed by atoms with van der Waals surface area (Å²) < 4.78 is 0. The highest BCUT2D eigenvalue weighted by Crippen LogP contribution is 2.42. The van der Waals surface area contributed by atoms with Crippen molar-refractivity contribution in [3.05, 3.63) is 47.5 Å². The highest BCUT2D eigenvalue weighted by atomic mass is 14.9. The van der Waals surface area contributed by atoms with Gasteiger partial charge in [-0.25, -0.2) is 0 Å². The molecule has 0 aromatic heterocycles. The van der Waals surface area contributed by atoms with E-state index in [4.69, 9.17) is 0 Å². The van der Waals surface area contributed by atoms with E-state index in [0.717, 1.165) is 6.54 Å². The second-order valence-electron chi connectivity index (χ2n) is 6.76. The first kappa shape index (κ1) is 16.3. The van der Waals surface area contributed by atoms with Gasteiger partial charge < -0.3 is 5.32 Å². The molecule has 21 heavy (non-hydrogen) atoms. The number of rotatable bonds is 6. The van der Waals surface area contributed by atoms with Crippen molar-refractivity contribution in [1.82, 2.24) is 5.32 Å². The maximum Gasteiger partial charge on any atom is 0.0349 e. The van der Waals surface area contributed by atoms with Crippen LogP contribution in [0.2, 0.25) is 0 Å². The molecule has 0 aliphatic heterocycles. The minimum atomic E-state index is 0.284. The van der Waals surface area contributed by atoms with Crippen LogP contribution in [0.15, 0.2) is 42.0 Å². The van der Waals surface area contributed by atoms with Crippen molar-refractivity contribution < 1.29 is 0 Å². The summed E-state index contributed by atoms with van der Waals surface area (Å²) in [5.41, 5.74) is 3.23. The van der Waals surface area contributed by atoms with Crippen molar-refractivity contribution in [3.63, 3.8) is 0 Å². The summed E-state index contributed by atoms with van der Waals surface area (Å²) in [6.07, 6.45) is 10.4. The summed E-state index contributed by atoms with van der Waals surface area (Å²) in [6, 6.07) is 11.7. The summed E-state index contributed by atoms with van der Waals surface area (Å²) in [6.45, 7) is 7.80. The van der Waals surface area contributed by atoms with Crippen LogP contribution in [0.4, 0.5) is 0 Å². The predicted molar refractivity (Wildman–Crippen MR) is 92.7 cm³/mol. The molecule has 1 fully saturated rings. The lowest BCUT2D eigenvalue weighted by Crippen LogP contribution is -2.49. The third kappa shape index (κ3) is 3.97. The average molecular weight is 285 g/mol.